The van der Waals surface area contributed by atoms with Crippen molar-refractivity contribution in [3.8, 4) is 23.0 Å². The Balaban J connectivity index is 0.987. The number of aliphatic hydroxyl groups excluding tert-OH is 1. The maximum atomic E-state index is 13.6. The number of hydrogen-bond donors (Lipinski definition) is 11. The minimum atomic E-state index is -5.81. The molecule has 0 radical (unpaired) electrons. The summed E-state index contributed by atoms with van der Waals surface area (Å²) in [6.45, 7) is -0.935. The summed E-state index contributed by atoms with van der Waals surface area (Å²) in [7, 11) is -14.4. The van der Waals surface area contributed by atoms with Gasteiger partial charge in [-0.15, -0.1) is 0 Å². The Bertz CT molecular complexity index is 3170. The molecule has 2 aromatic carbocycles. The third kappa shape index (κ3) is 18.9. The van der Waals surface area contributed by atoms with Crippen molar-refractivity contribution in [2.75, 3.05) is 30.5 Å². The number of nitrogens with one attached hydrogen (secondary N) is 3. The van der Waals surface area contributed by atoms with Crippen LogP contribution < -0.4 is 21.9 Å². The maximum Gasteiger partial charge on any atom is 0.490 e. The standard InChI is InChI=1S/C47H57N6O22P3S2/c48-46-51-43-42(44(60)52-46)27(23-53(43)40-22-37(56)38(73-40)25-72-77(67,68)75-78(69,70)74-76(64,65)66)11-5-6-12-28(54)19-20-79-80-26-35(36(55)17-3-1-2-4-18-39(57)49-34(45(61)62)21-41(58)59)50-47(63)71-24-33-31-15-9-7-13-29(31)30-14-8-10-16-32(30)33/h7-10,13-16,23,33-35,37-38,40,56H,1-4,6,12,17-22,24-26H2,(H,49,57)(H,50,63)(H,58,59)(H,61,62)(H,67,68)(H,69,70)(H2,64,65,66)(H3,48,51,52,60). The fraction of sp³-hybridized carbons (Fsp3) is 0.447. The van der Waals surface area contributed by atoms with E-state index in [4.69, 9.17) is 30.1 Å². The lowest BCUT2D eigenvalue weighted by Crippen LogP contribution is -2.43. The number of alkyl carbamates (subject to hydrolysis) is 1. The van der Waals surface area contributed by atoms with E-state index in [-0.39, 0.29) is 90.9 Å². The average Bonchev–Trinajstić information content (AvgIpc) is 4.04. The normalized spacial score (nSPS) is 18.1. The second-order valence-electron chi connectivity index (χ2n) is 18.1. The molecule has 7 unspecified atom stereocenters. The summed E-state index contributed by atoms with van der Waals surface area (Å²) in [6.07, 6.45) is -2.30. The number of ether oxygens (including phenoxy) is 2. The minimum absolute atomic E-state index is 0.0169. The van der Waals surface area contributed by atoms with Gasteiger partial charge in [0.15, 0.2) is 11.4 Å². The molecular formula is C47H57N6O22P3S2. The van der Waals surface area contributed by atoms with Crippen LogP contribution in [0.2, 0.25) is 0 Å². The molecule has 1 fully saturated rings. The van der Waals surface area contributed by atoms with Gasteiger partial charge in [0, 0.05) is 62.1 Å². The molecule has 1 saturated heterocycles. The lowest BCUT2D eigenvalue weighted by Gasteiger charge is -2.19. The number of ketones is 2. The first-order valence-corrected chi connectivity index (χ1v) is 31.5. The molecule has 2 aromatic heterocycles. The highest BCUT2D eigenvalue weighted by atomic mass is 33.1. The van der Waals surface area contributed by atoms with Gasteiger partial charge in [-0.05, 0) is 35.1 Å². The molecule has 6 rings (SSSR count). The predicted octanol–water partition coefficient (Wildman–Crippen LogP) is 4.63. The predicted molar refractivity (Wildman–Crippen MR) is 286 cm³/mol. The van der Waals surface area contributed by atoms with Gasteiger partial charge in [0.1, 0.15) is 36.8 Å². The van der Waals surface area contributed by atoms with Crippen molar-refractivity contribution < 1.29 is 100.0 Å². The largest absolute Gasteiger partial charge is 0.490 e. The highest BCUT2D eigenvalue weighted by Crippen LogP contribution is 2.66. The Morgan fingerprint density at radius 3 is 2.16 bits per heavy atom. The molecule has 4 aromatic rings. The number of rotatable bonds is 31. The van der Waals surface area contributed by atoms with E-state index in [0.717, 1.165) is 22.3 Å². The third-order valence-electron chi connectivity index (χ3n) is 12.2. The Labute approximate surface area is 463 Å². The number of nitrogens with two attached hydrogens (primary N) is 1. The van der Waals surface area contributed by atoms with E-state index in [0.29, 0.717) is 31.4 Å². The highest BCUT2D eigenvalue weighted by molar-refractivity contribution is 8.76. The molecule has 3 heterocycles. The van der Waals surface area contributed by atoms with Crippen LogP contribution in [0.15, 0.2) is 59.5 Å². The second-order valence-corrected chi connectivity index (χ2v) is 25.1. The number of carbonyl (C=O) groups excluding carboxylic acids is 4. The SMILES string of the molecule is Nc1nc2c(c(C#CCCC(=O)CCSSCC(NC(=O)OCC3c4ccccc4-c4ccccc43)C(=O)CCCCCCC(=O)NC(CC(=O)O)C(=O)O)cn2C2CC(O)C(COP(=O)(O)OP(=O)(O)OP(=O)(O)O)O2)c(=O)[nH]1. The van der Waals surface area contributed by atoms with Crippen LogP contribution in [0.25, 0.3) is 22.2 Å². The van der Waals surface area contributed by atoms with Gasteiger partial charge < -0.3 is 65.3 Å². The molecule has 0 saturated carbocycles. The number of hydrogen-bond acceptors (Lipinski definition) is 20. The number of carbonyl (C=O) groups is 6. The molecule has 80 heavy (non-hydrogen) atoms. The number of nitrogen functional groups attached to an aromatic ring is 1. The number of nitrogens with zero attached hydrogens (tertiary/aromatic N) is 2. The van der Waals surface area contributed by atoms with Gasteiger partial charge in [0.25, 0.3) is 5.56 Å². The van der Waals surface area contributed by atoms with Gasteiger partial charge in [-0.1, -0.05) is 94.8 Å². The number of aromatic amines is 1. The molecular weight excluding hydrogens is 1160 g/mol. The van der Waals surface area contributed by atoms with Gasteiger partial charge in [-0.3, -0.25) is 33.5 Å². The first-order chi connectivity index (χ1) is 37.8. The summed E-state index contributed by atoms with van der Waals surface area (Å²) >= 11 is 0. The first-order valence-electron chi connectivity index (χ1n) is 24.4. The summed E-state index contributed by atoms with van der Waals surface area (Å²) in [6, 6.07) is 13.1. The van der Waals surface area contributed by atoms with E-state index in [9.17, 15) is 67.3 Å². The van der Waals surface area contributed by atoms with Crippen LogP contribution in [0.1, 0.15) is 99.5 Å². The van der Waals surface area contributed by atoms with E-state index in [2.05, 4.69) is 45.6 Å². The number of aromatic nitrogens is 3. The Kier molecular flexibility index (Phi) is 22.8. The van der Waals surface area contributed by atoms with Crippen LogP contribution in [-0.2, 0) is 60.3 Å². The van der Waals surface area contributed by atoms with Gasteiger partial charge in [0.2, 0.25) is 11.9 Å². The number of phosphoric ester groups is 1. The number of benzene rings is 2. The number of fused-ring (bicyclic) bond motifs is 4. The number of aliphatic hydroxyl groups is 1. The van der Waals surface area contributed by atoms with Crippen LogP contribution in [0.3, 0.4) is 0 Å². The summed E-state index contributed by atoms with van der Waals surface area (Å²) < 4.78 is 59.7. The van der Waals surface area contributed by atoms with Crippen molar-refractivity contribution in [3.05, 3.63) is 81.8 Å². The van der Waals surface area contributed by atoms with Crippen LogP contribution in [-0.4, -0.2) is 134 Å². The summed E-state index contributed by atoms with van der Waals surface area (Å²) in [5.74, 6) is 1.78. The fourth-order valence-corrected chi connectivity index (χ4v) is 13.8. The van der Waals surface area contributed by atoms with Crippen molar-refractivity contribution in [3.63, 3.8) is 0 Å². The van der Waals surface area contributed by atoms with E-state index < -0.39 is 96.5 Å². The van der Waals surface area contributed by atoms with E-state index >= 15 is 0 Å². The third-order valence-corrected chi connectivity index (χ3v) is 18.4. The Morgan fingerprint density at radius 1 is 0.850 bits per heavy atom. The topological polar surface area (TPSA) is 442 Å². The molecule has 1 aliphatic heterocycles. The molecule has 28 nitrogen and oxygen atoms in total. The van der Waals surface area contributed by atoms with E-state index in [1.54, 1.807) is 0 Å². The number of phosphoric acid groups is 3. The average molecular weight is 1220 g/mol. The summed E-state index contributed by atoms with van der Waals surface area (Å²) in [5, 5.41) is 33.7. The monoisotopic (exact) mass is 1210 g/mol. The van der Waals surface area contributed by atoms with Crippen LogP contribution >= 0.6 is 45.1 Å². The number of unbranched alkanes of at least 4 members (excludes halogenated alkanes) is 3. The smallest absolute Gasteiger partial charge is 0.481 e. The molecule has 7 atom stereocenters. The first kappa shape index (κ1) is 63.5. The number of carboxylic acid groups (broad SMARTS) is 2. The highest BCUT2D eigenvalue weighted by Gasteiger charge is 2.43. The van der Waals surface area contributed by atoms with Crippen molar-refractivity contribution in [1.29, 1.82) is 0 Å². The molecule has 12 N–H and O–H groups in total. The van der Waals surface area contributed by atoms with E-state index in [1.165, 1.54) is 32.4 Å². The molecule has 434 valence electrons. The zero-order valence-corrected chi connectivity index (χ0v) is 46.5. The summed E-state index contributed by atoms with van der Waals surface area (Å²) in [5.41, 5.74) is 9.31. The van der Waals surface area contributed by atoms with Crippen molar-refractivity contribution in [2.45, 2.75) is 107 Å². The fourth-order valence-electron chi connectivity index (χ4n) is 8.56. The maximum absolute atomic E-state index is 13.6. The van der Waals surface area contributed by atoms with Gasteiger partial charge in [-0.25, -0.2) is 23.3 Å². The Hall–Kier alpha value is -5.73. The minimum Gasteiger partial charge on any atom is -0.481 e. The molecule has 0 bridgehead atoms. The molecule has 2 amide bonds. The van der Waals surface area contributed by atoms with Gasteiger partial charge in [-0.2, -0.15) is 13.6 Å². The molecule has 33 heteroatoms. The Morgan fingerprint density at radius 2 is 1.51 bits per heavy atom. The van der Waals surface area contributed by atoms with Crippen LogP contribution in [0.5, 0.6) is 0 Å². The van der Waals surface area contributed by atoms with Crippen molar-refractivity contribution in [1.82, 2.24) is 25.2 Å². The van der Waals surface area contributed by atoms with Crippen LogP contribution in [0.4, 0.5) is 10.7 Å². The number of H-pyrrole nitrogens is 1. The second kappa shape index (κ2) is 28.8. The number of anilines is 1. The lowest BCUT2D eigenvalue weighted by atomic mass is 9.98. The number of Topliss-reactive ketones (excluding diaryl/α,β-unsaturated/α-hetero) is 2. The zero-order valence-electron chi connectivity index (χ0n) is 42.2. The zero-order chi connectivity index (χ0) is 58.4. The number of carboxylic acids is 2. The van der Waals surface area contributed by atoms with Crippen LogP contribution in [0, 0.1) is 11.8 Å². The van der Waals surface area contributed by atoms with Crippen molar-refractivity contribution >= 4 is 97.5 Å². The number of aliphatic carboxylic acids is 2. The lowest BCUT2D eigenvalue weighted by molar-refractivity contribution is -0.147. The molecule has 1 aliphatic carbocycles. The van der Waals surface area contributed by atoms with Crippen molar-refractivity contribution in [2.24, 2.45) is 0 Å². The molecule has 0 spiro atoms. The van der Waals surface area contributed by atoms with Gasteiger partial charge in [0.05, 0.1) is 30.1 Å². The van der Waals surface area contributed by atoms with Gasteiger partial charge >= 0.3 is 41.5 Å². The number of amides is 2. The quantitative estimate of drug-likeness (QED) is 0.0142. The summed E-state index contributed by atoms with van der Waals surface area (Å²) in [4.78, 5) is 131. The van der Waals surface area contributed by atoms with E-state index in [1.807, 2.05) is 48.5 Å². The molecule has 2 aliphatic rings.